The lowest BCUT2D eigenvalue weighted by Crippen LogP contribution is -2.30. The Balaban J connectivity index is 1.21. The van der Waals surface area contributed by atoms with Crippen molar-refractivity contribution in [3.8, 4) is 11.5 Å². The summed E-state index contributed by atoms with van der Waals surface area (Å²) >= 11 is 15.8. The van der Waals surface area contributed by atoms with E-state index in [4.69, 9.17) is 32.7 Å². The second-order valence-electron chi connectivity index (χ2n) is 9.74. The van der Waals surface area contributed by atoms with Crippen molar-refractivity contribution in [1.29, 1.82) is 0 Å². The van der Waals surface area contributed by atoms with E-state index >= 15 is 0 Å². The van der Waals surface area contributed by atoms with Gasteiger partial charge in [-0.1, -0.05) is 41.4 Å². The molecule has 1 aliphatic heterocycles. The van der Waals surface area contributed by atoms with Crippen molar-refractivity contribution in [3.63, 3.8) is 0 Å². The summed E-state index contributed by atoms with van der Waals surface area (Å²) in [5, 5.41) is 6.46. The van der Waals surface area contributed by atoms with Crippen LogP contribution in [-0.4, -0.2) is 29.6 Å². The van der Waals surface area contributed by atoms with E-state index in [9.17, 15) is 9.59 Å². The number of ether oxygens (including phenoxy) is 2. The summed E-state index contributed by atoms with van der Waals surface area (Å²) in [6.07, 6.45) is 8.04. The van der Waals surface area contributed by atoms with Crippen LogP contribution in [0, 0.1) is 29.1 Å². The number of hydrogen-bond acceptors (Lipinski definition) is 5. The van der Waals surface area contributed by atoms with E-state index in [-0.39, 0.29) is 47.5 Å². The molecule has 0 radical (unpaired) electrons. The smallest absolute Gasteiger partial charge is 0.254 e. The lowest BCUT2D eigenvalue weighted by Gasteiger charge is -2.18. The number of hydrazone groups is 1. The molecule has 1 saturated heterocycles. The Labute approximate surface area is 227 Å². The van der Waals surface area contributed by atoms with Gasteiger partial charge in [-0.3, -0.25) is 9.59 Å². The van der Waals surface area contributed by atoms with Gasteiger partial charge in [-0.05, 0) is 82.8 Å². The van der Waals surface area contributed by atoms with Gasteiger partial charge in [0, 0.05) is 15.6 Å². The summed E-state index contributed by atoms with van der Waals surface area (Å²) in [5.74, 6) is 0.456. The summed E-state index contributed by atoms with van der Waals surface area (Å²) in [6.45, 7) is 2.53. The molecular formula is C27H23BrCl2N2O4. The first-order valence-corrected chi connectivity index (χ1v) is 13.5. The fourth-order valence-electron chi connectivity index (χ4n) is 6.16. The molecule has 1 heterocycles. The number of nitrogens with zero attached hydrogens (tertiary/aromatic N) is 2. The van der Waals surface area contributed by atoms with Crippen molar-refractivity contribution in [2.75, 3.05) is 6.61 Å². The van der Waals surface area contributed by atoms with Crippen molar-refractivity contribution in [2.24, 2.45) is 34.2 Å². The highest BCUT2D eigenvalue weighted by Gasteiger charge is 2.73. The Morgan fingerprint density at radius 1 is 1.08 bits per heavy atom. The molecule has 0 N–H and O–H groups in total. The van der Waals surface area contributed by atoms with Gasteiger partial charge < -0.3 is 9.47 Å². The third-order valence-corrected chi connectivity index (χ3v) is 9.05. The van der Waals surface area contributed by atoms with Crippen molar-refractivity contribution < 1.29 is 19.1 Å². The molecule has 3 fully saturated rings. The molecule has 3 aliphatic carbocycles. The van der Waals surface area contributed by atoms with Gasteiger partial charge in [0.25, 0.3) is 11.8 Å². The lowest BCUT2D eigenvalue weighted by molar-refractivity contribution is -0.141. The number of benzene rings is 2. The van der Waals surface area contributed by atoms with Crippen LogP contribution in [0.3, 0.4) is 0 Å². The highest BCUT2D eigenvalue weighted by Crippen LogP contribution is 2.73. The minimum absolute atomic E-state index is 0.166. The molecule has 0 aromatic heterocycles. The molecule has 1 spiro atoms. The third kappa shape index (κ3) is 3.70. The van der Waals surface area contributed by atoms with Crippen LogP contribution in [0.25, 0.3) is 0 Å². The van der Waals surface area contributed by atoms with Gasteiger partial charge in [0.2, 0.25) is 0 Å². The Bertz CT molecular complexity index is 1310. The summed E-state index contributed by atoms with van der Waals surface area (Å²) in [5.41, 5.74) is 1.62. The van der Waals surface area contributed by atoms with Crippen LogP contribution in [0.1, 0.15) is 30.9 Å². The highest BCUT2D eigenvalue weighted by atomic mass is 79.9. The van der Waals surface area contributed by atoms with Crippen molar-refractivity contribution in [3.05, 3.63) is 68.1 Å². The van der Waals surface area contributed by atoms with E-state index in [0.717, 1.165) is 23.4 Å². The predicted molar refractivity (Wildman–Crippen MR) is 140 cm³/mol. The molecule has 4 atom stereocenters. The summed E-state index contributed by atoms with van der Waals surface area (Å²) < 4.78 is 12.5. The Hall–Kier alpha value is -2.35. The normalized spacial score (nSPS) is 26.9. The SMILES string of the molecule is CCOc1cc(/C=N\N2C(=O)[C@@H]3[C@@H](C2=O)[C@H]2C=C[C@H]3C23CC3)cc(Br)c1OCc1ccc(Cl)cc1Cl. The molecule has 2 aromatic carbocycles. The Morgan fingerprint density at radius 2 is 1.78 bits per heavy atom. The zero-order chi connectivity index (χ0) is 25.2. The van der Waals surface area contributed by atoms with Gasteiger partial charge in [-0.15, -0.1) is 0 Å². The maximum atomic E-state index is 13.2. The number of fused-ring (bicyclic) bond motifs is 3. The average Bonchev–Trinajstić information content (AvgIpc) is 3.44. The molecule has 6 rings (SSSR count). The van der Waals surface area contributed by atoms with Gasteiger partial charge in [0.05, 0.1) is 29.1 Å². The Morgan fingerprint density at radius 3 is 2.39 bits per heavy atom. The number of amides is 2. The molecule has 2 saturated carbocycles. The number of halogens is 3. The molecule has 4 aliphatic rings. The minimum atomic E-state index is -0.270. The van der Waals surface area contributed by atoms with Crippen LogP contribution in [0.15, 0.2) is 52.1 Å². The van der Waals surface area contributed by atoms with Crippen LogP contribution in [0.2, 0.25) is 10.0 Å². The van der Waals surface area contributed by atoms with Crippen molar-refractivity contribution in [2.45, 2.75) is 26.4 Å². The van der Waals surface area contributed by atoms with Crippen molar-refractivity contribution >= 4 is 57.2 Å². The van der Waals surface area contributed by atoms with E-state index in [1.807, 2.05) is 13.0 Å². The van der Waals surface area contributed by atoms with Crippen LogP contribution in [-0.2, 0) is 16.2 Å². The largest absolute Gasteiger partial charge is 0.490 e. The molecule has 186 valence electrons. The summed E-state index contributed by atoms with van der Waals surface area (Å²) in [7, 11) is 0. The van der Waals surface area contributed by atoms with Crippen LogP contribution < -0.4 is 9.47 Å². The van der Waals surface area contributed by atoms with Crippen LogP contribution in [0.5, 0.6) is 11.5 Å². The molecule has 9 heteroatoms. The number of imide groups is 1. The zero-order valence-corrected chi connectivity index (χ0v) is 22.5. The lowest BCUT2D eigenvalue weighted by atomic mass is 9.85. The molecule has 36 heavy (non-hydrogen) atoms. The molecule has 6 nitrogen and oxygen atoms in total. The number of carbonyl (C=O) groups excluding carboxylic acids is 2. The van der Waals surface area contributed by atoms with Gasteiger partial charge in [0.15, 0.2) is 11.5 Å². The number of allylic oxidation sites excluding steroid dienone is 2. The molecule has 2 aromatic rings. The number of hydrogen-bond donors (Lipinski definition) is 0. The third-order valence-electron chi connectivity index (χ3n) is 7.87. The quantitative estimate of drug-likeness (QED) is 0.217. The average molecular weight is 590 g/mol. The van der Waals surface area contributed by atoms with E-state index in [1.54, 1.807) is 24.3 Å². The van der Waals surface area contributed by atoms with E-state index in [1.165, 1.54) is 6.21 Å². The first-order chi connectivity index (χ1) is 17.3. The van der Waals surface area contributed by atoms with E-state index in [0.29, 0.717) is 38.2 Å². The maximum absolute atomic E-state index is 13.2. The highest BCUT2D eigenvalue weighted by molar-refractivity contribution is 9.10. The molecule has 2 bridgehead atoms. The molecule has 2 amide bonds. The zero-order valence-electron chi connectivity index (χ0n) is 19.4. The topological polar surface area (TPSA) is 68.2 Å². The van der Waals surface area contributed by atoms with Gasteiger partial charge >= 0.3 is 0 Å². The maximum Gasteiger partial charge on any atom is 0.254 e. The van der Waals surface area contributed by atoms with Crippen LogP contribution >= 0.6 is 39.1 Å². The second kappa shape index (κ2) is 8.89. The van der Waals surface area contributed by atoms with E-state index < -0.39 is 0 Å². The summed E-state index contributed by atoms with van der Waals surface area (Å²) in [4.78, 5) is 26.3. The van der Waals surface area contributed by atoms with Crippen molar-refractivity contribution in [1.82, 2.24) is 5.01 Å². The standard InChI is InChI=1S/C27H23BrCl2N2O4/c1-2-35-21-10-14(9-19(28)24(21)36-13-15-3-4-16(29)11-20(15)30)12-31-32-25(33)22-17-5-6-18(23(22)26(32)34)27(17)7-8-27/h3-6,9-12,17-18,22-23H,2,7-8,13H2,1H3/b31-12-/t17-,18-,22+,23+/m1/s1. The summed E-state index contributed by atoms with van der Waals surface area (Å²) in [6, 6.07) is 8.81. The van der Waals surface area contributed by atoms with Crippen LogP contribution in [0.4, 0.5) is 0 Å². The van der Waals surface area contributed by atoms with Gasteiger partial charge in [0.1, 0.15) is 6.61 Å². The fraction of sp³-hybridized carbons (Fsp3) is 0.370. The number of rotatable bonds is 7. The molecular weight excluding hydrogens is 567 g/mol. The minimum Gasteiger partial charge on any atom is -0.490 e. The molecule has 0 unspecified atom stereocenters. The second-order valence-corrected chi connectivity index (χ2v) is 11.4. The Kier molecular flexibility index (Phi) is 5.93. The van der Waals surface area contributed by atoms with Gasteiger partial charge in [-0.2, -0.15) is 10.1 Å². The monoisotopic (exact) mass is 588 g/mol. The first kappa shape index (κ1) is 24.0. The van der Waals surface area contributed by atoms with Gasteiger partial charge in [-0.25, -0.2) is 0 Å². The van der Waals surface area contributed by atoms with E-state index in [2.05, 4.69) is 33.2 Å². The number of carbonyl (C=O) groups is 2. The predicted octanol–water partition coefficient (Wildman–Crippen LogP) is 6.26. The first-order valence-electron chi connectivity index (χ1n) is 12.0. The fourth-order valence-corrected chi connectivity index (χ4v) is 7.19.